The molecule has 2 aromatic heterocycles. The lowest BCUT2D eigenvalue weighted by Gasteiger charge is -2.38. The second-order valence-corrected chi connectivity index (χ2v) is 7.47. The third-order valence-corrected chi connectivity index (χ3v) is 5.17. The van der Waals surface area contributed by atoms with Gasteiger partial charge >= 0.3 is 0 Å². The van der Waals surface area contributed by atoms with Crippen molar-refractivity contribution in [2.75, 3.05) is 13.1 Å². The summed E-state index contributed by atoms with van der Waals surface area (Å²) in [4.78, 5) is 15.4. The Hall–Kier alpha value is -2.60. The van der Waals surface area contributed by atoms with Gasteiger partial charge in [0.25, 0.3) is 0 Å². The van der Waals surface area contributed by atoms with E-state index >= 15 is 0 Å². The highest BCUT2D eigenvalue weighted by Gasteiger charge is 2.37. The number of hydrogen-bond acceptors (Lipinski definition) is 5. The lowest BCUT2D eigenvalue weighted by molar-refractivity contribution is 0.128. The molecule has 0 radical (unpaired) electrons. The summed E-state index contributed by atoms with van der Waals surface area (Å²) in [5, 5.41) is 0. The first-order valence-electron chi connectivity index (χ1n) is 9.28. The van der Waals surface area contributed by atoms with Crippen LogP contribution in [0.25, 0.3) is 0 Å². The zero-order chi connectivity index (χ0) is 18.7. The van der Waals surface area contributed by atoms with Crippen molar-refractivity contribution in [2.24, 2.45) is 0 Å². The highest BCUT2D eigenvalue weighted by molar-refractivity contribution is 5.22. The lowest BCUT2D eigenvalue weighted by Crippen LogP contribution is -2.44. The van der Waals surface area contributed by atoms with Crippen molar-refractivity contribution >= 4 is 0 Å². The molecular formula is C21H23FN4O. The maximum Gasteiger partial charge on any atom is 0.201 e. The van der Waals surface area contributed by atoms with Gasteiger partial charge in [0.2, 0.25) is 5.89 Å². The maximum absolute atomic E-state index is 13.9. The maximum atomic E-state index is 13.9. The zero-order valence-corrected chi connectivity index (χ0v) is 15.4. The average molecular weight is 366 g/mol. The van der Waals surface area contributed by atoms with Crippen LogP contribution in [0.1, 0.15) is 42.7 Å². The van der Waals surface area contributed by atoms with Crippen LogP contribution in [-0.2, 0) is 18.4 Å². The molecule has 0 bridgehead atoms. The van der Waals surface area contributed by atoms with Gasteiger partial charge in [0.15, 0.2) is 0 Å². The summed E-state index contributed by atoms with van der Waals surface area (Å²) in [6, 6.07) is 6.78. The summed E-state index contributed by atoms with van der Waals surface area (Å²) >= 11 is 0. The molecule has 0 N–H and O–H groups in total. The van der Waals surface area contributed by atoms with E-state index in [-0.39, 0.29) is 11.2 Å². The first kappa shape index (κ1) is 17.8. The number of oxazole rings is 1. The molecule has 6 heteroatoms. The molecule has 0 unspecified atom stereocenters. The monoisotopic (exact) mass is 366 g/mol. The van der Waals surface area contributed by atoms with Gasteiger partial charge in [0, 0.05) is 38.1 Å². The van der Waals surface area contributed by atoms with Crippen LogP contribution in [0.3, 0.4) is 0 Å². The van der Waals surface area contributed by atoms with Crippen LogP contribution < -0.4 is 0 Å². The number of likely N-dealkylation sites (tertiary alicyclic amines) is 1. The number of piperidine rings is 1. The number of nitrogens with zero attached hydrogens (tertiary/aromatic N) is 4. The van der Waals surface area contributed by atoms with Gasteiger partial charge in [0.05, 0.1) is 17.3 Å². The Morgan fingerprint density at radius 2 is 2.07 bits per heavy atom. The molecule has 1 aromatic carbocycles. The minimum absolute atomic E-state index is 0.159. The minimum atomic E-state index is -0.213. The van der Waals surface area contributed by atoms with E-state index in [0.717, 1.165) is 44.1 Å². The Balaban J connectivity index is 1.47. The van der Waals surface area contributed by atoms with Crippen LogP contribution in [0.2, 0.25) is 0 Å². The number of hydrogen-bond donors (Lipinski definition) is 0. The Morgan fingerprint density at radius 3 is 2.89 bits per heavy atom. The molecule has 1 aliphatic heterocycles. The van der Waals surface area contributed by atoms with Crippen molar-refractivity contribution in [3.05, 3.63) is 77.8 Å². The molecule has 1 saturated heterocycles. The van der Waals surface area contributed by atoms with E-state index in [9.17, 15) is 4.39 Å². The highest BCUT2D eigenvalue weighted by Crippen LogP contribution is 2.34. The number of benzene rings is 1. The number of rotatable bonds is 5. The molecule has 140 valence electrons. The van der Waals surface area contributed by atoms with Crippen molar-refractivity contribution in [1.29, 1.82) is 0 Å². The molecule has 0 amide bonds. The van der Waals surface area contributed by atoms with Crippen molar-refractivity contribution in [2.45, 2.75) is 38.1 Å². The molecule has 0 spiro atoms. The van der Waals surface area contributed by atoms with Gasteiger partial charge in [-0.05, 0) is 37.9 Å². The van der Waals surface area contributed by atoms with E-state index in [2.05, 4.69) is 26.8 Å². The van der Waals surface area contributed by atoms with Gasteiger partial charge in [-0.1, -0.05) is 18.2 Å². The Kier molecular flexibility index (Phi) is 4.99. The van der Waals surface area contributed by atoms with E-state index in [1.807, 2.05) is 12.3 Å². The Labute approximate surface area is 158 Å². The van der Waals surface area contributed by atoms with Gasteiger partial charge in [0.1, 0.15) is 11.6 Å². The highest BCUT2D eigenvalue weighted by atomic mass is 19.1. The largest absolute Gasteiger partial charge is 0.445 e. The second kappa shape index (κ2) is 7.56. The smallest absolute Gasteiger partial charge is 0.201 e. The third-order valence-electron chi connectivity index (χ3n) is 5.17. The fourth-order valence-corrected chi connectivity index (χ4v) is 3.79. The molecular weight excluding hydrogens is 343 g/mol. The van der Waals surface area contributed by atoms with Crippen LogP contribution >= 0.6 is 0 Å². The predicted octanol–water partition coefficient (Wildman–Crippen LogP) is 3.75. The van der Waals surface area contributed by atoms with Crippen molar-refractivity contribution < 1.29 is 8.81 Å². The lowest BCUT2D eigenvalue weighted by atomic mass is 9.81. The van der Waals surface area contributed by atoms with E-state index in [1.54, 1.807) is 30.7 Å². The van der Waals surface area contributed by atoms with Crippen molar-refractivity contribution in [3.8, 4) is 0 Å². The first-order valence-corrected chi connectivity index (χ1v) is 9.28. The standard InChI is InChI=1S/C21H23FN4O/c1-21(7-4-10-26(15-21)14-17-12-23-8-9-24-17)20-25-13-18(27-20)11-16-5-2-3-6-19(16)22/h2-3,5-6,8-9,12-13H,4,7,10-11,14-15H2,1H3/t21-/m1/s1. The van der Waals surface area contributed by atoms with Gasteiger partial charge in [-0.15, -0.1) is 0 Å². The Bertz CT molecular complexity index is 898. The first-order chi connectivity index (χ1) is 13.1. The van der Waals surface area contributed by atoms with E-state index in [0.29, 0.717) is 17.7 Å². The van der Waals surface area contributed by atoms with Gasteiger partial charge in [-0.2, -0.15) is 0 Å². The molecule has 1 fully saturated rings. The number of aromatic nitrogens is 3. The van der Waals surface area contributed by atoms with Gasteiger partial charge < -0.3 is 4.42 Å². The summed E-state index contributed by atoms with van der Waals surface area (Å²) in [5.74, 6) is 1.22. The molecule has 27 heavy (non-hydrogen) atoms. The van der Waals surface area contributed by atoms with Gasteiger partial charge in [-0.3, -0.25) is 14.9 Å². The summed E-state index contributed by atoms with van der Waals surface area (Å²) in [5.41, 5.74) is 1.43. The van der Waals surface area contributed by atoms with Crippen LogP contribution in [0, 0.1) is 5.82 Å². The van der Waals surface area contributed by atoms with Gasteiger partial charge in [-0.25, -0.2) is 9.37 Å². The SMILES string of the molecule is C[C@@]1(c2ncc(Cc3ccccc3F)o2)CCCN(Cc2cnccn2)C1. The summed E-state index contributed by atoms with van der Waals surface area (Å²) in [6.45, 7) is 4.83. The van der Waals surface area contributed by atoms with Crippen molar-refractivity contribution in [3.63, 3.8) is 0 Å². The predicted molar refractivity (Wildman–Crippen MR) is 99.6 cm³/mol. The molecule has 3 heterocycles. The van der Waals surface area contributed by atoms with Crippen LogP contribution in [-0.4, -0.2) is 32.9 Å². The van der Waals surface area contributed by atoms with E-state index in [4.69, 9.17) is 4.42 Å². The fourth-order valence-electron chi connectivity index (χ4n) is 3.79. The zero-order valence-electron chi connectivity index (χ0n) is 15.4. The Morgan fingerprint density at radius 1 is 1.19 bits per heavy atom. The van der Waals surface area contributed by atoms with E-state index in [1.165, 1.54) is 6.07 Å². The molecule has 1 aliphatic rings. The molecule has 3 aromatic rings. The molecule has 1 atom stereocenters. The fraction of sp³-hybridized carbons (Fsp3) is 0.381. The van der Waals surface area contributed by atoms with E-state index < -0.39 is 0 Å². The minimum Gasteiger partial charge on any atom is -0.445 e. The average Bonchev–Trinajstić information content (AvgIpc) is 3.14. The third kappa shape index (κ3) is 4.06. The van der Waals surface area contributed by atoms with Crippen LogP contribution in [0.15, 0.2) is 53.5 Å². The quantitative estimate of drug-likeness (QED) is 0.688. The number of halogens is 1. The second-order valence-electron chi connectivity index (χ2n) is 7.47. The topological polar surface area (TPSA) is 55.1 Å². The van der Waals surface area contributed by atoms with Crippen LogP contribution in [0.4, 0.5) is 4.39 Å². The summed E-state index contributed by atoms with van der Waals surface area (Å²) < 4.78 is 19.9. The molecule has 4 rings (SSSR count). The molecule has 0 saturated carbocycles. The summed E-state index contributed by atoms with van der Waals surface area (Å²) in [6.07, 6.45) is 9.46. The van der Waals surface area contributed by atoms with Crippen molar-refractivity contribution in [1.82, 2.24) is 19.9 Å². The van der Waals surface area contributed by atoms with Crippen LogP contribution in [0.5, 0.6) is 0 Å². The molecule has 5 nitrogen and oxygen atoms in total. The molecule has 0 aliphatic carbocycles. The normalized spacial score (nSPS) is 20.7. The summed E-state index contributed by atoms with van der Waals surface area (Å²) in [7, 11) is 0.